The summed E-state index contributed by atoms with van der Waals surface area (Å²) in [4.78, 5) is 30.0. The van der Waals surface area contributed by atoms with Crippen molar-refractivity contribution in [2.75, 3.05) is 36.2 Å². The number of aromatic hydroxyl groups is 1. The first-order chi connectivity index (χ1) is 19.0. The number of halogens is 2. The first-order valence-corrected chi connectivity index (χ1v) is 13.4. The summed E-state index contributed by atoms with van der Waals surface area (Å²) < 4.78 is 38.0. The lowest BCUT2D eigenvalue weighted by molar-refractivity contribution is 0.0556. The highest BCUT2D eigenvalue weighted by molar-refractivity contribution is 5.96. The molecule has 8 nitrogen and oxygen atoms in total. The third kappa shape index (κ3) is 3.50. The first-order valence-electron chi connectivity index (χ1n) is 13.4. The van der Waals surface area contributed by atoms with Gasteiger partial charge in [0.2, 0.25) is 5.43 Å². The molecule has 3 aromatic rings. The van der Waals surface area contributed by atoms with Gasteiger partial charge in [0, 0.05) is 42.2 Å². The summed E-state index contributed by atoms with van der Waals surface area (Å²) in [7, 11) is 0. The minimum Gasteiger partial charge on any atom is -0.502 e. The zero-order valence-corrected chi connectivity index (χ0v) is 21.2. The quantitative estimate of drug-likeness (QED) is 0.512. The van der Waals surface area contributed by atoms with Crippen LogP contribution in [-0.2, 0) is 4.74 Å². The van der Waals surface area contributed by atoms with Gasteiger partial charge in [-0.2, -0.15) is 0 Å². The number of pyridine rings is 1. The molecule has 1 aromatic heterocycles. The molecule has 1 N–H and O–H groups in total. The molecule has 1 amide bonds. The van der Waals surface area contributed by atoms with Crippen LogP contribution in [0.5, 0.6) is 5.75 Å². The van der Waals surface area contributed by atoms with E-state index in [0.717, 1.165) is 36.6 Å². The summed E-state index contributed by atoms with van der Waals surface area (Å²) in [6.45, 7) is 1.62. The van der Waals surface area contributed by atoms with Crippen LogP contribution in [0, 0.1) is 11.6 Å². The monoisotopic (exact) mass is 534 g/mol. The fraction of sp³-hybridized carbons (Fsp3) is 0.379. The van der Waals surface area contributed by atoms with E-state index in [1.165, 1.54) is 12.3 Å². The summed E-state index contributed by atoms with van der Waals surface area (Å²) >= 11 is 0. The lowest BCUT2D eigenvalue weighted by Gasteiger charge is -2.49. The van der Waals surface area contributed by atoms with Crippen LogP contribution in [0.25, 0.3) is 0 Å². The predicted octanol–water partition coefficient (Wildman–Crippen LogP) is 3.81. The number of carbonyl (C=O) groups excluding carboxylic acids is 1. The van der Waals surface area contributed by atoms with Crippen molar-refractivity contribution in [2.24, 2.45) is 0 Å². The minimum absolute atomic E-state index is 0.118. The van der Waals surface area contributed by atoms with Crippen molar-refractivity contribution in [3.05, 3.63) is 92.9 Å². The van der Waals surface area contributed by atoms with Gasteiger partial charge in [-0.15, -0.1) is 0 Å². The molecule has 4 aliphatic heterocycles. The van der Waals surface area contributed by atoms with E-state index >= 15 is 4.39 Å². The number of morpholine rings is 1. The number of hydrogen-bond acceptors (Lipinski definition) is 6. The molecule has 0 bridgehead atoms. The van der Waals surface area contributed by atoms with Crippen LogP contribution in [0.3, 0.4) is 0 Å². The highest BCUT2D eigenvalue weighted by Gasteiger charge is 2.47. The van der Waals surface area contributed by atoms with Gasteiger partial charge in [0.1, 0.15) is 12.2 Å². The van der Waals surface area contributed by atoms with Crippen LogP contribution in [0.2, 0.25) is 0 Å². The van der Waals surface area contributed by atoms with Gasteiger partial charge in [-0.1, -0.05) is 30.7 Å². The molecule has 4 aliphatic rings. The summed E-state index contributed by atoms with van der Waals surface area (Å²) in [6.07, 6.45) is 4.30. The van der Waals surface area contributed by atoms with Crippen LogP contribution < -0.4 is 15.3 Å². The Balaban J connectivity index is 1.56. The standard InChI is InChI=1S/C29H28F2N4O4/c30-19-10-9-18-24(25(19)31)21-16-39-15-14-32(21)20-7-4-3-6-17(20)26(18)35-23-8-2-1-5-12-33(23)29(38)27-28(37)22(36)11-13-34(27)35/h3-4,6-7,9-11,13,21,23,26,37H,1-2,5,8,12,14-16H2/t21?,23-,26-/m1/s1. The van der Waals surface area contributed by atoms with Gasteiger partial charge in [0.25, 0.3) is 5.91 Å². The molecular weight excluding hydrogens is 506 g/mol. The Morgan fingerprint density at radius 1 is 0.923 bits per heavy atom. The number of anilines is 1. The van der Waals surface area contributed by atoms with E-state index in [0.29, 0.717) is 31.7 Å². The average molecular weight is 535 g/mol. The summed E-state index contributed by atoms with van der Waals surface area (Å²) in [6, 6.07) is 10.6. The molecule has 5 heterocycles. The Bertz CT molecular complexity index is 1540. The van der Waals surface area contributed by atoms with Gasteiger partial charge in [-0.05, 0) is 37.0 Å². The number of benzene rings is 2. The van der Waals surface area contributed by atoms with Crippen molar-refractivity contribution < 1.29 is 23.4 Å². The summed E-state index contributed by atoms with van der Waals surface area (Å²) in [5.74, 6) is -2.88. The molecule has 2 aromatic carbocycles. The van der Waals surface area contributed by atoms with Crippen LogP contribution in [-0.4, -0.2) is 53.1 Å². The number of amides is 1. The molecule has 2 saturated heterocycles. The second-order valence-electron chi connectivity index (χ2n) is 10.5. The summed E-state index contributed by atoms with van der Waals surface area (Å²) in [5, 5.41) is 12.8. The maximum Gasteiger partial charge on any atom is 0.278 e. The van der Waals surface area contributed by atoms with Crippen molar-refractivity contribution in [1.82, 2.24) is 9.58 Å². The number of nitrogens with zero attached hydrogens (tertiary/aromatic N) is 4. The van der Waals surface area contributed by atoms with E-state index in [1.54, 1.807) is 15.6 Å². The molecule has 2 fully saturated rings. The Morgan fingerprint density at radius 3 is 2.64 bits per heavy atom. The molecule has 202 valence electrons. The third-order valence-corrected chi connectivity index (χ3v) is 8.52. The molecule has 0 radical (unpaired) electrons. The largest absolute Gasteiger partial charge is 0.502 e. The van der Waals surface area contributed by atoms with Gasteiger partial charge in [0.05, 0.1) is 19.3 Å². The highest BCUT2D eigenvalue weighted by atomic mass is 19.2. The number of aromatic nitrogens is 1. The van der Waals surface area contributed by atoms with E-state index in [9.17, 15) is 19.1 Å². The van der Waals surface area contributed by atoms with Crippen molar-refractivity contribution >= 4 is 11.6 Å². The van der Waals surface area contributed by atoms with Crippen LogP contribution in [0.4, 0.5) is 14.5 Å². The molecule has 3 atom stereocenters. The van der Waals surface area contributed by atoms with E-state index in [2.05, 4.69) is 4.90 Å². The fourth-order valence-corrected chi connectivity index (χ4v) is 6.81. The van der Waals surface area contributed by atoms with Crippen molar-refractivity contribution in [3.63, 3.8) is 0 Å². The minimum atomic E-state index is -0.935. The molecule has 7 rings (SSSR count). The second kappa shape index (κ2) is 9.08. The predicted molar refractivity (Wildman–Crippen MR) is 139 cm³/mol. The number of para-hydroxylation sites is 1. The zero-order chi connectivity index (χ0) is 26.8. The van der Waals surface area contributed by atoms with Crippen LogP contribution >= 0.6 is 0 Å². The van der Waals surface area contributed by atoms with E-state index < -0.39 is 47.0 Å². The van der Waals surface area contributed by atoms with Crippen LogP contribution in [0.1, 0.15) is 64.9 Å². The Kier molecular flexibility index (Phi) is 5.62. The van der Waals surface area contributed by atoms with Gasteiger partial charge in [-0.3, -0.25) is 19.3 Å². The SMILES string of the molecule is O=C1c2c(O)c(=O)ccn2N([C@@H]2c3ccccc3N3CCOCC3c3c2ccc(F)c3F)[C@@H]2CCCCCN12. The molecule has 0 saturated carbocycles. The van der Waals surface area contributed by atoms with E-state index in [1.807, 2.05) is 29.3 Å². The topological polar surface area (TPSA) is 78.2 Å². The third-order valence-electron chi connectivity index (χ3n) is 8.52. The molecular formula is C29H28F2N4O4. The number of hydrogen-bond donors (Lipinski definition) is 1. The molecule has 1 unspecified atom stereocenters. The molecule has 0 aliphatic carbocycles. The summed E-state index contributed by atoms with van der Waals surface area (Å²) in [5.41, 5.74) is 1.74. The highest BCUT2D eigenvalue weighted by Crippen LogP contribution is 2.48. The first kappa shape index (κ1) is 24.1. The Hall–Kier alpha value is -3.92. The number of fused-ring (bicyclic) bond motifs is 7. The van der Waals surface area contributed by atoms with Gasteiger partial charge < -0.3 is 19.6 Å². The number of ether oxygens (including phenoxy) is 1. The smallest absolute Gasteiger partial charge is 0.278 e. The van der Waals surface area contributed by atoms with Crippen LogP contribution in [0.15, 0.2) is 53.5 Å². The van der Waals surface area contributed by atoms with E-state index in [4.69, 9.17) is 4.74 Å². The van der Waals surface area contributed by atoms with Crippen molar-refractivity contribution in [1.29, 1.82) is 0 Å². The maximum absolute atomic E-state index is 15.8. The molecule has 10 heteroatoms. The van der Waals surface area contributed by atoms with Crippen molar-refractivity contribution in [2.45, 2.75) is 43.9 Å². The Morgan fingerprint density at radius 2 is 1.77 bits per heavy atom. The second-order valence-corrected chi connectivity index (χ2v) is 10.5. The average Bonchev–Trinajstić information content (AvgIpc) is 3.27. The lowest BCUT2D eigenvalue weighted by Crippen LogP contribution is -2.62. The van der Waals surface area contributed by atoms with Gasteiger partial charge >= 0.3 is 0 Å². The zero-order valence-electron chi connectivity index (χ0n) is 21.2. The van der Waals surface area contributed by atoms with E-state index in [-0.39, 0.29) is 17.9 Å². The number of rotatable bonds is 1. The molecule has 39 heavy (non-hydrogen) atoms. The normalized spacial score (nSPS) is 24.1. The fourth-order valence-electron chi connectivity index (χ4n) is 6.81. The Labute approximate surface area is 223 Å². The molecule has 0 spiro atoms. The number of carbonyl (C=O) groups is 1. The maximum atomic E-state index is 15.8. The van der Waals surface area contributed by atoms with Crippen molar-refractivity contribution in [3.8, 4) is 5.75 Å². The van der Waals surface area contributed by atoms with Gasteiger partial charge in [-0.25, -0.2) is 8.78 Å². The van der Waals surface area contributed by atoms with Gasteiger partial charge in [0.15, 0.2) is 23.1 Å². The lowest BCUT2D eigenvalue weighted by atomic mass is 9.90.